The molecule has 0 aliphatic heterocycles. The van der Waals surface area contributed by atoms with Crippen LogP contribution in [0.25, 0.3) is 0 Å². The first-order valence-electron chi connectivity index (χ1n) is 10.1. The van der Waals surface area contributed by atoms with Crippen LogP contribution in [0.2, 0.25) is 5.02 Å². The molecule has 0 aliphatic carbocycles. The van der Waals surface area contributed by atoms with E-state index in [9.17, 15) is 13.2 Å². The minimum absolute atomic E-state index is 0.00319. The van der Waals surface area contributed by atoms with E-state index >= 15 is 0 Å². The van der Waals surface area contributed by atoms with Crippen molar-refractivity contribution in [1.82, 2.24) is 4.90 Å². The van der Waals surface area contributed by atoms with Crippen LogP contribution >= 0.6 is 11.6 Å². The van der Waals surface area contributed by atoms with Crippen molar-refractivity contribution >= 4 is 27.5 Å². The Morgan fingerprint density at radius 2 is 1.76 bits per heavy atom. The van der Waals surface area contributed by atoms with Gasteiger partial charge in [0, 0.05) is 17.6 Å². The third kappa shape index (κ3) is 6.04. The van der Waals surface area contributed by atoms with Crippen molar-refractivity contribution in [3.63, 3.8) is 0 Å². The highest BCUT2D eigenvalue weighted by Gasteiger charge is 2.21. The fourth-order valence-corrected chi connectivity index (χ4v) is 3.91. The molecule has 33 heavy (non-hydrogen) atoms. The van der Waals surface area contributed by atoms with Crippen molar-refractivity contribution < 1.29 is 22.7 Å². The number of halogens is 1. The Kier molecular flexibility index (Phi) is 7.63. The van der Waals surface area contributed by atoms with E-state index in [0.717, 1.165) is 5.56 Å². The summed E-state index contributed by atoms with van der Waals surface area (Å²) in [5, 5.41) is 5.87. The molecule has 0 saturated heterocycles. The number of benzene rings is 3. The normalized spacial score (nSPS) is 12.2. The summed E-state index contributed by atoms with van der Waals surface area (Å²) in [5.41, 5.74) is 1.99. The highest BCUT2D eigenvalue weighted by Crippen LogP contribution is 2.31. The molecule has 0 saturated carbocycles. The van der Waals surface area contributed by atoms with Gasteiger partial charge < -0.3 is 14.4 Å². The van der Waals surface area contributed by atoms with Crippen LogP contribution < -0.4 is 14.6 Å². The van der Waals surface area contributed by atoms with Gasteiger partial charge in [-0.05, 0) is 60.5 Å². The molecule has 7 nitrogen and oxygen atoms in total. The predicted molar refractivity (Wildman–Crippen MR) is 127 cm³/mol. The molecular weight excluding hydrogens is 464 g/mol. The maximum Gasteiger partial charge on any atom is 0.254 e. The Hall–Kier alpha value is -3.07. The number of nitrogens with zero attached hydrogens (tertiary/aromatic N) is 1. The van der Waals surface area contributed by atoms with Crippen LogP contribution in [0.3, 0.4) is 0 Å². The van der Waals surface area contributed by atoms with Gasteiger partial charge in [0.05, 0.1) is 18.0 Å². The van der Waals surface area contributed by atoms with Crippen molar-refractivity contribution in [1.29, 1.82) is 0 Å². The molecule has 0 aliphatic rings. The molecule has 1 unspecified atom stereocenters. The number of methoxy groups -OCH3 is 1. The van der Waals surface area contributed by atoms with Crippen molar-refractivity contribution in [3.05, 3.63) is 88.4 Å². The molecule has 9 heteroatoms. The zero-order valence-corrected chi connectivity index (χ0v) is 20.1. The van der Waals surface area contributed by atoms with Crippen LogP contribution in [0.4, 0.5) is 0 Å². The smallest absolute Gasteiger partial charge is 0.254 e. The summed E-state index contributed by atoms with van der Waals surface area (Å²) in [6.45, 7) is 2.12. The SMILES string of the molecule is COc1cc(C(=O)N(C)C(C)c2cccc(S(N)(=O)=O)c2)ccc1OCc1ccc(Cl)cc1. The number of hydrogen-bond donors (Lipinski definition) is 1. The lowest BCUT2D eigenvalue weighted by Gasteiger charge is -2.26. The van der Waals surface area contributed by atoms with E-state index in [1.54, 1.807) is 56.4 Å². The average molecular weight is 489 g/mol. The zero-order chi connectivity index (χ0) is 24.2. The first-order chi connectivity index (χ1) is 15.6. The first kappa shape index (κ1) is 24.6. The second-order valence-electron chi connectivity index (χ2n) is 7.49. The number of amides is 1. The third-order valence-corrected chi connectivity index (χ3v) is 6.45. The van der Waals surface area contributed by atoms with E-state index in [1.807, 2.05) is 12.1 Å². The standard InChI is InChI=1S/C24H25ClN2O5S/c1-16(18-5-4-6-21(13-18)33(26,29)30)27(2)24(28)19-9-12-22(23(14-19)31-3)32-15-17-7-10-20(25)11-8-17/h4-14,16H,15H2,1-3H3,(H2,26,29,30). The number of nitrogens with two attached hydrogens (primary N) is 1. The molecule has 0 aromatic heterocycles. The monoisotopic (exact) mass is 488 g/mol. The molecule has 0 bridgehead atoms. The Labute approximate surface area is 198 Å². The van der Waals surface area contributed by atoms with E-state index in [0.29, 0.717) is 34.3 Å². The highest BCUT2D eigenvalue weighted by molar-refractivity contribution is 7.89. The number of ether oxygens (including phenoxy) is 2. The molecular formula is C24H25ClN2O5S. The molecule has 1 atom stereocenters. The molecule has 0 heterocycles. The second-order valence-corrected chi connectivity index (χ2v) is 9.49. The van der Waals surface area contributed by atoms with E-state index in [4.69, 9.17) is 26.2 Å². The summed E-state index contributed by atoms with van der Waals surface area (Å²) in [6.07, 6.45) is 0. The summed E-state index contributed by atoms with van der Waals surface area (Å²) in [5.74, 6) is 0.665. The fraction of sp³-hybridized carbons (Fsp3) is 0.208. The Bertz CT molecular complexity index is 1250. The Morgan fingerprint density at radius 3 is 2.39 bits per heavy atom. The third-order valence-electron chi connectivity index (χ3n) is 5.29. The Balaban J connectivity index is 1.76. The van der Waals surface area contributed by atoms with Crippen molar-refractivity contribution in [2.24, 2.45) is 5.14 Å². The maximum absolute atomic E-state index is 13.1. The molecule has 3 aromatic rings. The van der Waals surface area contributed by atoms with Crippen molar-refractivity contribution in [2.45, 2.75) is 24.5 Å². The van der Waals surface area contributed by atoms with Crippen LogP contribution in [0.5, 0.6) is 11.5 Å². The molecule has 0 radical (unpaired) electrons. The summed E-state index contributed by atoms with van der Waals surface area (Å²) in [4.78, 5) is 14.6. The first-order valence-corrected chi connectivity index (χ1v) is 12.0. The lowest BCUT2D eigenvalue weighted by Crippen LogP contribution is -2.29. The van der Waals surface area contributed by atoms with Crippen LogP contribution in [0.1, 0.15) is 34.5 Å². The van der Waals surface area contributed by atoms with Crippen molar-refractivity contribution in [2.75, 3.05) is 14.2 Å². The number of rotatable bonds is 8. The van der Waals surface area contributed by atoms with Crippen molar-refractivity contribution in [3.8, 4) is 11.5 Å². The fourth-order valence-electron chi connectivity index (χ4n) is 3.22. The molecule has 1 amide bonds. The van der Waals surface area contributed by atoms with Gasteiger partial charge in [-0.15, -0.1) is 0 Å². The molecule has 2 N–H and O–H groups in total. The molecule has 3 aromatic carbocycles. The maximum atomic E-state index is 13.1. The highest BCUT2D eigenvalue weighted by atomic mass is 35.5. The average Bonchev–Trinajstić information content (AvgIpc) is 2.81. The number of hydrogen-bond acceptors (Lipinski definition) is 5. The van der Waals surface area contributed by atoms with E-state index in [-0.39, 0.29) is 10.8 Å². The topological polar surface area (TPSA) is 98.9 Å². The molecule has 0 spiro atoms. The summed E-state index contributed by atoms with van der Waals surface area (Å²) in [7, 11) is -0.688. The van der Waals surface area contributed by atoms with Gasteiger partial charge in [0.1, 0.15) is 6.61 Å². The number of primary sulfonamides is 1. The van der Waals surface area contributed by atoms with Gasteiger partial charge in [0.15, 0.2) is 11.5 Å². The van der Waals surface area contributed by atoms with E-state index in [1.165, 1.54) is 24.1 Å². The molecule has 3 rings (SSSR count). The van der Waals surface area contributed by atoms with Crippen LogP contribution in [-0.2, 0) is 16.6 Å². The lowest BCUT2D eigenvalue weighted by atomic mass is 10.1. The zero-order valence-electron chi connectivity index (χ0n) is 18.5. The molecule has 174 valence electrons. The van der Waals surface area contributed by atoms with Crippen LogP contribution in [0, 0.1) is 0 Å². The minimum Gasteiger partial charge on any atom is -0.493 e. The van der Waals surface area contributed by atoms with Gasteiger partial charge in [-0.25, -0.2) is 13.6 Å². The second kappa shape index (κ2) is 10.2. The van der Waals surface area contributed by atoms with Crippen LogP contribution in [0.15, 0.2) is 71.6 Å². The van der Waals surface area contributed by atoms with Gasteiger partial charge in [-0.1, -0.05) is 35.9 Å². The summed E-state index contributed by atoms with van der Waals surface area (Å²) < 4.78 is 34.6. The van der Waals surface area contributed by atoms with Gasteiger partial charge in [0.2, 0.25) is 10.0 Å². The Morgan fingerprint density at radius 1 is 1.06 bits per heavy atom. The molecule has 0 fully saturated rings. The summed E-state index contributed by atoms with van der Waals surface area (Å²) >= 11 is 5.91. The number of sulfonamides is 1. The summed E-state index contributed by atoms with van der Waals surface area (Å²) in [6, 6.07) is 18.1. The van der Waals surface area contributed by atoms with Crippen LogP contribution in [-0.4, -0.2) is 33.4 Å². The van der Waals surface area contributed by atoms with Gasteiger partial charge in [0.25, 0.3) is 5.91 Å². The van der Waals surface area contributed by atoms with Gasteiger partial charge in [-0.2, -0.15) is 0 Å². The largest absolute Gasteiger partial charge is 0.493 e. The van der Waals surface area contributed by atoms with Gasteiger partial charge >= 0.3 is 0 Å². The van der Waals surface area contributed by atoms with E-state index in [2.05, 4.69) is 0 Å². The quantitative estimate of drug-likeness (QED) is 0.506. The minimum atomic E-state index is -3.84. The number of carbonyl (C=O) groups excluding carboxylic acids is 1. The van der Waals surface area contributed by atoms with E-state index < -0.39 is 16.1 Å². The van der Waals surface area contributed by atoms with Gasteiger partial charge in [-0.3, -0.25) is 4.79 Å². The number of carbonyl (C=O) groups is 1. The lowest BCUT2D eigenvalue weighted by molar-refractivity contribution is 0.0742. The predicted octanol–water partition coefficient (Wildman–Crippen LogP) is 4.41.